The van der Waals surface area contributed by atoms with E-state index in [2.05, 4.69) is 16.4 Å². The smallest absolute Gasteiger partial charge is 0.100 e. The topological polar surface area (TPSA) is 20.1 Å². The van der Waals surface area contributed by atoms with Crippen molar-refractivity contribution in [3.8, 4) is 0 Å². The van der Waals surface area contributed by atoms with Gasteiger partial charge in [0.2, 0.25) is 0 Å². The summed E-state index contributed by atoms with van der Waals surface area (Å²) in [4.78, 5) is 0. The van der Waals surface area contributed by atoms with Gasteiger partial charge in [0.05, 0.1) is 10.8 Å². The van der Waals surface area contributed by atoms with Gasteiger partial charge in [-0.05, 0) is 26.3 Å². The van der Waals surface area contributed by atoms with Crippen molar-refractivity contribution in [1.82, 2.24) is 4.31 Å². The predicted molar refractivity (Wildman–Crippen MR) is 63.8 cm³/mol. The minimum Gasteiger partial charge on any atom is -0.242 e. The molecule has 0 aromatic heterocycles. The molecule has 2 rings (SSSR count). The number of hydrogen-bond donors (Lipinski definition) is 0. The summed E-state index contributed by atoms with van der Waals surface area (Å²) in [5, 5.41) is 0. The molecular formula is C12H17NOS. The van der Waals surface area contributed by atoms with Crippen molar-refractivity contribution in [2.24, 2.45) is 0 Å². The third-order valence-electron chi connectivity index (χ3n) is 2.49. The molecule has 2 nitrogen and oxygen atoms in total. The van der Waals surface area contributed by atoms with Crippen LogP contribution in [0, 0.1) is 0 Å². The van der Waals surface area contributed by atoms with Crippen molar-refractivity contribution in [3.63, 3.8) is 0 Å². The molecule has 0 radical (unpaired) electrons. The number of nitrogens with zero attached hydrogens (tertiary/aromatic N) is 1. The Morgan fingerprint density at radius 1 is 1.27 bits per heavy atom. The molecule has 3 heteroatoms. The number of benzene rings is 1. The molecule has 15 heavy (non-hydrogen) atoms. The Balaban J connectivity index is 2.06. The molecule has 82 valence electrons. The van der Waals surface area contributed by atoms with E-state index in [-0.39, 0.29) is 4.75 Å². The summed E-state index contributed by atoms with van der Waals surface area (Å²) in [6.45, 7) is 6.98. The highest BCUT2D eigenvalue weighted by molar-refractivity contribution is 7.84. The molecule has 0 aliphatic carbocycles. The maximum Gasteiger partial charge on any atom is 0.100 e. The molecule has 0 saturated carbocycles. The Bertz CT molecular complexity index is 369. The maximum atomic E-state index is 12.0. The van der Waals surface area contributed by atoms with Crippen LogP contribution in [-0.4, -0.2) is 19.8 Å². The average molecular weight is 223 g/mol. The van der Waals surface area contributed by atoms with Gasteiger partial charge in [0, 0.05) is 6.54 Å². The normalized spacial score (nSPS) is 27.4. The first-order chi connectivity index (χ1) is 7.00. The average Bonchev–Trinajstić information content (AvgIpc) is 2.96. The van der Waals surface area contributed by atoms with Gasteiger partial charge in [-0.1, -0.05) is 30.3 Å². The maximum absolute atomic E-state index is 12.0. The van der Waals surface area contributed by atoms with Gasteiger partial charge in [-0.25, -0.2) is 8.51 Å². The van der Waals surface area contributed by atoms with Crippen LogP contribution in [-0.2, 0) is 11.0 Å². The largest absolute Gasteiger partial charge is 0.242 e. The fourth-order valence-corrected chi connectivity index (χ4v) is 2.94. The van der Waals surface area contributed by atoms with Crippen LogP contribution in [0.4, 0.5) is 0 Å². The summed E-state index contributed by atoms with van der Waals surface area (Å²) in [5.74, 6) is 0. The molecule has 1 aromatic rings. The first-order valence-electron chi connectivity index (χ1n) is 5.24. The van der Waals surface area contributed by atoms with Crippen molar-refractivity contribution >= 4 is 11.0 Å². The lowest BCUT2D eigenvalue weighted by Gasteiger charge is -2.18. The SMILES string of the molecule is CC(C)(C)S(=O)N1CC1c1ccccc1. The second kappa shape index (κ2) is 3.72. The molecule has 3 unspecified atom stereocenters. The van der Waals surface area contributed by atoms with Gasteiger partial charge >= 0.3 is 0 Å². The van der Waals surface area contributed by atoms with Gasteiger partial charge in [-0.2, -0.15) is 0 Å². The van der Waals surface area contributed by atoms with E-state index >= 15 is 0 Å². The van der Waals surface area contributed by atoms with Crippen LogP contribution in [0.2, 0.25) is 0 Å². The van der Waals surface area contributed by atoms with E-state index in [1.807, 2.05) is 39.0 Å². The zero-order valence-electron chi connectivity index (χ0n) is 9.43. The predicted octanol–water partition coefficient (Wildman–Crippen LogP) is 2.51. The van der Waals surface area contributed by atoms with E-state index in [4.69, 9.17) is 0 Å². The highest BCUT2D eigenvalue weighted by Gasteiger charge is 2.43. The van der Waals surface area contributed by atoms with E-state index in [1.165, 1.54) is 5.56 Å². The Hall–Kier alpha value is -0.670. The number of hydrogen-bond acceptors (Lipinski definition) is 1. The Morgan fingerprint density at radius 3 is 2.40 bits per heavy atom. The van der Waals surface area contributed by atoms with E-state index in [0.717, 1.165) is 6.54 Å². The molecule has 0 N–H and O–H groups in total. The highest BCUT2D eigenvalue weighted by atomic mass is 32.2. The summed E-state index contributed by atoms with van der Waals surface area (Å²) in [5.41, 5.74) is 1.27. The molecule has 3 atom stereocenters. The zero-order valence-corrected chi connectivity index (χ0v) is 10.3. The van der Waals surface area contributed by atoms with Crippen LogP contribution in [0.15, 0.2) is 30.3 Å². The van der Waals surface area contributed by atoms with Crippen molar-refractivity contribution in [1.29, 1.82) is 0 Å². The lowest BCUT2D eigenvalue weighted by atomic mass is 10.2. The van der Waals surface area contributed by atoms with Crippen molar-refractivity contribution < 1.29 is 4.21 Å². The Labute approximate surface area is 93.9 Å². The fourth-order valence-electron chi connectivity index (χ4n) is 1.61. The summed E-state index contributed by atoms with van der Waals surface area (Å²) >= 11 is 0. The molecule has 1 aliphatic heterocycles. The van der Waals surface area contributed by atoms with E-state index in [0.29, 0.717) is 6.04 Å². The van der Waals surface area contributed by atoms with Crippen LogP contribution >= 0.6 is 0 Å². The summed E-state index contributed by atoms with van der Waals surface area (Å²) < 4.78 is 13.9. The van der Waals surface area contributed by atoms with Crippen molar-refractivity contribution in [2.75, 3.05) is 6.54 Å². The van der Waals surface area contributed by atoms with E-state index in [1.54, 1.807) is 0 Å². The van der Waals surface area contributed by atoms with Gasteiger partial charge in [0.1, 0.15) is 11.0 Å². The second-order valence-corrected chi connectivity index (χ2v) is 7.08. The molecule has 1 fully saturated rings. The molecule has 1 saturated heterocycles. The van der Waals surface area contributed by atoms with Crippen LogP contribution < -0.4 is 0 Å². The quantitative estimate of drug-likeness (QED) is 0.705. The van der Waals surface area contributed by atoms with Crippen LogP contribution in [0.25, 0.3) is 0 Å². The lowest BCUT2D eigenvalue weighted by Crippen LogP contribution is -2.27. The summed E-state index contributed by atoms with van der Waals surface area (Å²) in [6.07, 6.45) is 0. The van der Waals surface area contributed by atoms with Crippen LogP contribution in [0.3, 0.4) is 0 Å². The Kier molecular flexibility index (Phi) is 2.69. The summed E-state index contributed by atoms with van der Waals surface area (Å²) in [7, 11) is -0.875. The highest BCUT2D eigenvalue weighted by Crippen LogP contribution is 2.39. The molecule has 1 aliphatic rings. The molecule has 0 bridgehead atoms. The van der Waals surface area contributed by atoms with Gasteiger partial charge < -0.3 is 0 Å². The van der Waals surface area contributed by atoms with Crippen molar-refractivity contribution in [2.45, 2.75) is 31.6 Å². The molecule has 0 amide bonds. The van der Waals surface area contributed by atoms with Gasteiger partial charge in [-0.3, -0.25) is 0 Å². The monoisotopic (exact) mass is 223 g/mol. The van der Waals surface area contributed by atoms with E-state index < -0.39 is 11.0 Å². The molecule has 0 spiro atoms. The van der Waals surface area contributed by atoms with Gasteiger partial charge in [0.15, 0.2) is 0 Å². The third kappa shape index (κ3) is 2.29. The van der Waals surface area contributed by atoms with Crippen LogP contribution in [0.1, 0.15) is 32.4 Å². The third-order valence-corrected chi connectivity index (χ3v) is 4.37. The number of rotatable bonds is 2. The summed E-state index contributed by atoms with van der Waals surface area (Å²) in [6, 6.07) is 10.6. The standard InChI is InChI=1S/C12H17NOS/c1-12(2,3)15(14)13-9-11(13)10-7-5-4-6-8-10/h4-8,11H,9H2,1-3H3. The van der Waals surface area contributed by atoms with Crippen molar-refractivity contribution in [3.05, 3.63) is 35.9 Å². The zero-order chi connectivity index (χ0) is 11.1. The Morgan fingerprint density at radius 2 is 1.87 bits per heavy atom. The first-order valence-corrected chi connectivity index (χ1v) is 6.34. The minimum absolute atomic E-state index is 0.149. The fraction of sp³-hybridized carbons (Fsp3) is 0.500. The second-order valence-electron chi connectivity index (χ2n) is 4.89. The molecule has 1 heterocycles. The van der Waals surface area contributed by atoms with Gasteiger partial charge in [0.25, 0.3) is 0 Å². The lowest BCUT2D eigenvalue weighted by molar-refractivity contribution is 0.607. The van der Waals surface area contributed by atoms with E-state index in [9.17, 15) is 4.21 Å². The first kappa shape index (κ1) is 10.8. The molecular weight excluding hydrogens is 206 g/mol. The molecule has 1 aromatic carbocycles. The van der Waals surface area contributed by atoms with Crippen LogP contribution in [0.5, 0.6) is 0 Å². The van der Waals surface area contributed by atoms with Gasteiger partial charge in [-0.15, -0.1) is 0 Å². The minimum atomic E-state index is -0.875.